The minimum Gasteiger partial charge on any atom is -0.322 e. The topological polar surface area (TPSA) is 126 Å². The van der Waals surface area contributed by atoms with Crippen molar-refractivity contribution < 1.29 is 28.8 Å². The van der Waals surface area contributed by atoms with Crippen LogP contribution in [0.2, 0.25) is 0 Å². The Kier molecular flexibility index (Phi) is 6.18. The summed E-state index contributed by atoms with van der Waals surface area (Å²) in [7, 11) is 0. The van der Waals surface area contributed by atoms with Gasteiger partial charge in [0.25, 0.3) is 11.8 Å². The monoisotopic (exact) mass is 576 g/mol. The molecule has 8 nitrogen and oxygen atoms in total. The van der Waals surface area contributed by atoms with Crippen LogP contribution in [0.25, 0.3) is 0 Å². The summed E-state index contributed by atoms with van der Waals surface area (Å²) in [6, 6.07) is 28.3. The van der Waals surface area contributed by atoms with E-state index in [-0.39, 0.29) is 56.5 Å². The van der Waals surface area contributed by atoms with Gasteiger partial charge in [-0.3, -0.25) is 28.8 Å². The molecule has 0 bridgehead atoms. The SMILES string of the molecule is O=C(Nc1ccc2c(c1)C(=O)c1ccccc1C2=O)c1cccc(C(=O)Nc2ccc3c(c2)C(=O)c2ccccc2C3=O)c1. The predicted octanol–water partition coefficient (Wildman–Crippen LogP) is 5.74. The summed E-state index contributed by atoms with van der Waals surface area (Å²) in [5.74, 6) is -2.17. The van der Waals surface area contributed by atoms with Crippen LogP contribution in [0.15, 0.2) is 109 Å². The molecule has 2 aliphatic carbocycles. The quantitative estimate of drug-likeness (QED) is 0.275. The van der Waals surface area contributed by atoms with Crippen LogP contribution in [0.4, 0.5) is 11.4 Å². The number of carbonyl (C=O) groups excluding carboxylic acids is 6. The molecule has 7 rings (SSSR count). The number of amides is 2. The van der Waals surface area contributed by atoms with Gasteiger partial charge in [-0.25, -0.2) is 0 Å². The molecule has 210 valence electrons. The van der Waals surface area contributed by atoms with Gasteiger partial charge >= 0.3 is 0 Å². The normalized spacial score (nSPS) is 12.9. The zero-order valence-corrected chi connectivity index (χ0v) is 22.8. The Morgan fingerprint density at radius 2 is 0.705 bits per heavy atom. The number of nitrogens with one attached hydrogen (secondary N) is 2. The van der Waals surface area contributed by atoms with E-state index in [2.05, 4.69) is 10.6 Å². The Morgan fingerprint density at radius 1 is 0.364 bits per heavy atom. The van der Waals surface area contributed by atoms with E-state index in [0.29, 0.717) is 33.6 Å². The molecular weight excluding hydrogens is 556 g/mol. The summed E-state index contributed by atoms with van der Waals surface area (Å²) < 4.78 is 0. The van der Waals surface area contributed by atoms with Crippen LogP contribution in [0.5, 0.6) is 0 Å². The third-order valence-corrected chi connectivity index (χ3v) is 7.75. The van der Waals surface area contributed by atoms with Crippen LogP contribution in [0.3, 0.4) is 0 Å². The van der Waals surface area contributed by atoms with Gasteiger partial charge in [0, 0.05) is 67.0 Å². The van der Waals surface area contributed by atoms with Crippen molar-refractivity contribution in [3.63, 3.8) is 0 Å². The zero-order valence-electron chi connectivity index (χ0n) is 22.8. The summed E-state index contributed by atoms with van der Waals surface area (Å²) in [4.78, 5) is 78.1. The molecule has 0 saturated carbocycles. The van der Waals surface area contributed by atoms with Crippen LogP contribution in [0.1, 0.15) is 84.4 Å². The number of benzene rings is 5. The molecule has 0 heterocycles. The molecule has 0 fully saturated rings. The fraction of sp³-hybridized carbons (Fsp3) is 0. The van der Waals surface area contributed by atoms with Crippen molar-refractivity contribution in [1.82, 2.24) is 0 Å². The molecule has 0 atom stereocenters. The first kappa shape index (κ1) is 26.6. The molecule has 0 spiro atoms. The first-order chi connectivity index (χ1) is 21.3. The van der Waals surface area contributed by atoms with Gasteiger partial charge in [-0.15, -0.1) is 0 Å². The van der Waals surface area contributed by atoms with Gasteiger partial charge in [-0.1, -0.05) is 54.6 Å². The van der Waals surface area contributed by atoms with E-state index in [1.54, 1.807) is 66.7 Å². The highest BCUT2D eigenvalue weighted by molar-refractivity contribution is 6.29. The van der Waals surface area contributed by atoms with Crippen molar-refractivity contribution in [2.45, 2.75) is 0 Å². The van der Waals surface area contributed by atoms with Gasteiger partial charge in [0.2, 0.25) is 0 Å². The van der Waals surface area contributed by atoms with Gasteiger partial charge in [0.15, 0.2) is 23.1 Å². The van der Waals surface area contributed by atoms with Gasteiger partial charge in [-0.2, -0.15) is 0 Å². The standard InChI is InChI=1S/C36H20N2O6/c39-31-23-8-1-3-10-25(23)33(41)29-17-21(12-14-27(29)31)37-35(43)19-6-5-7-20(16-19)36(44)38-22-13-15-28-30(18-22)34(42)26-11-4-2-9-24(26)32(28)40/h1-18H,(H,37,43)(H,38,44). The molecule has 0 radical (unpaired) electrons. The highest BCUT2D eigenvalue weighted by Crippen LogP contribution is 2.31. The van der Waals surface area contributed by atoms with Crippen molar-refractivity contribution in [3.05, 3.63) is 165 Å². The Hall–Kier alpha value is -6.28. The predicted molar refractivity (Wildman–Crippen MR) is 162 cm³/mol. The van der Waals surface area contributed by atoms with Crippen LogP contribution in [0, 0.1) is 0 Å². The van der Waals surface area contributed by atoms with Crippen molar-refractivity contribution in [2.24, 2.45) is 0 Å². The average molecular weight is 577 g/mol. The van der Waals surface area contributed by atoms with Gasteiger partial charge in [-0.05, 0) is 54.6 Å². The molecule has 5 aromatic rings. The second-order valence-corrected chi connectivity index (χ2v) is 10.4. The fourth-order valence-electron chi connectivity index (χ4n) is 5.56. The number of carbonyl (C=O) groups is 6. The van der Waals surface area contributed by atoms with Crippen LogP contribution < -0.4 is 10.6 Å². The van der Waals surface area contributed by atoms with Crippen molar-refractivity contribution in [2.75, 3.05) is 10.6 Å². The molecule has 8 heteroatoms. The van der Waals surface area contributed by atoms with Crippen molar-refractivity contribution in [1.29, 1.82) is 0 Å². The number of rotatable bonds is 4. The van der Waals surface area contributed by atoms with Crippen molar-refractivity contribution in [3.8, 4) is 0 Å². The molecule has 0 saturated heterocycles. The Bertz CT molecular complexity index is 2000. The van der Waals surface area contributed by atoms with E-state index in [4.69, 9.17) is 0 Å². The lowest BCUT2D eigenvalue weighted by atomic mass is 9.84. The van der Waals surface area contributed by atoms with E-state index >= 15 is 0 Å². The van der Waals surface area contributed by atoms with Crippen molar-refractivity contribution >= 4 is 46.3 Å². The molecule has 0 unspecified atom stereocenters. The fourth-order valence-corrected chi connectivity index (χ4v) is 5.56. The summed E-state index contributed by atoms with van der Waals surface area (Å²) in [6.45, 7) is 0. The maximum Gasteiger partial charge on any atom is 0.255 e. The number of hydrogen-bond donors (Lipinski definition) is 2. The molecule has 2 aliphatic rings. The van der Waals surface area contributed by atoms with E-state index < -0.39 is 11.8 Å². The van der Waals surface area contributed by atoms with E-state index in [0.717, 1.165) is 0 Å². The minimum atomic E-state index is -0.522. The minimum absolute atomic E-state index is 0.186. The Morgan fingerprint density at radius 3 is 1.09 bits per heavy atom. The van der Waals surface area contributed by atoms with Gasteiger partial charge in [0.05, 0.1) is 0 Å². The van der Waals surface area contributed by atoms with Gasteiger partial charge < -0.3 is 10.6 Å². The Labute approximate surface area is 250 Å². The van der Waals surface area contributed by atoms with Crippen LogP contribution >= 0.6 is 0 Å². The highest BCUT2D eigenvalue weighted by Gasteiger charge is 2.31. The highest BCUT2D eigenvalue weighted by atomic mass is 16.2. The molecular formula is C36H20N2O6. The average Bonchev–Trinajstić information content (AvgIpc) is 3.06. The van der Waals surface area contributed by atoms with E-state index in [9.17, 15) is 28.8 Å². The second kappa shape index (κ2) is 10.2. The van der Waals surface area contributed by atoms with Crippen LogP contribution in [-0.2, 0) is 0 Å². The molecule has 0 aromatic heterocycles. The summed E-state index contributed by atoms with van der Waals surface area (Å²) >= 11 is 0. The van der Waals surface area contributed by atoms with Gasteiger partial charge in [0.1, 0.15) is 0 Å². The third kappa shape index (κ3) is 4.33. The molecule has 2 N–H and O–H groups in total. The smallest absolute Gasteiger partial charge is 0.255 e. The summed E-state index contributed by atoms with van der Waals surface area (Å²) in [6.07, 6.45) is 0. The first-order valence-electron chi connectivity index (χ1n) is 13.7. The molecule has 44 heavy (non-hydrogen) atoms. The lowest BCUT2D eigenvalue weighted by Gasteiger charge is -2.18. The van der Waals surface area contributed by atoms with Crippen LogP contribution in [-0.4, -0.2) is 34.9 Å². The Balaban J connectivity index is 1.09. The largest absolute Gasteiger partial charge is 0.322 e. The number of fused-ring (bicyclic) bond motifs is 4. The molecule has 5 aromatic carbocycles. The maximum atomic E-state index is 13.1. The number of hydrogen-bond acceptors (Lipinski definition) is 6. The second-order valence-electron chi connectivity index (χ2n) is 10.4. The lowest BCUT2D eigenvalue weighted by molar-refractivity contribution is 0.0979. The van der Waals surface area contributed by atoms with E-state index in [1.807, 2.05) is 0 Å². The summed E-state index contributed by atoms with van der Waals surface area (Å²) in [5.41, 5.74) is 3.26. The van der Waals surface area contributed by atoms with E-state index in [1.165, 1.54) is 42.5 Å². The first-order valence-corrected chi connectivity index (χ1v) is 13.7. The third-order valence-electron chi connectivity index (χ3n) is 7.75. The maximum absolute atomic E-state index is 13.1. The lowest BCUT2D eigenvalue weighted by Crippen LogP contribution is -2.22. The number of anilines is 2. The number of ketones is 4. The molecule has 2 amide bonds. The molecule has 0 aliphatic heterocycles. The summed E-state index contributed by atoms with van der Waals surface area (Å²) in [5, 5.41) is 5.46. The zero-order chi connectivity index (χ0) is 30.5.